The average molecular weight is 456 g/mol. The number of rotatable bonds is 7. The van der Waals surface area contributed by atoms with Crippen LogP contribution in [0.4, 0.5) is 5.69 Å². The van der Waals surface area contributed by atoms with Gasteiger partial charge in [-0.3, -0.25) is 14.5 Å². The molecule has 1 unspecified atom stereocenters. The Hall–Kier alpha value is -2.71. The standard InChI is InChI=1S/C24H29N3O4S/c1-18(28)27-22-12-11-21(32(30,31)26-14-5-6-15-26)16-20(22)17-23(27)24(29)25-13-7-10-19-8-3-2-4-9-19/h2-4,8-9,11-12,16,23H,5-7,10,13-15,17H2,1H3,(H,25,29). The summed E-state index contributed by atoms with van der Waals surface area (Å²) in [5.41, 5.74) is 2.54. The molecule has 4 rings (SSSR count). The van der Waals surface area contributed by atoms with Gasteiger partial charge in [0.25, 0.3) is 0 Å². The molecule has 32 heavy (non-hydrogen) atoms. The zero-order valence-corrected chi connectivity index (χ0v) is 19.1. The van der Waals surface area contributed by atoms with E-state index in [1.165, 1.54) is 21.7 Å². The Morgan fingerprint density at radius 2 is 1.78 bits per heavy atom. The number of aryl methyl sites for hydroxylation is 1. The van der Waals surface area contributed by atoms with E-state index in [2.05, 4.69) is 17.4 Å². The van der Waals surface area contributed by atoms with Gasteiger partial charge in [0.2, 0.25) is 21.8 Å². The van der Waals surface area contributed by atoms with Gasteiger partial charge in [0, 0.05) is 38.7 Å². The van der Waals surface area contributed by atoms with E-state index in [4.69, 9.17) is 0 Å². The Bertz CT molecular complexity index is 1100. The van der Waals surface area contributed by atoms with Crippen LogP contribution >= 0.6 is 0 Å². The molecular weight excluding hydrogens is 426 g/mol. The quantitative estimate of drug-likeness (QED) is 0.650. The summed E-state index contributed by atoms with van der Waals surface area (Å²) in [6.07, 6.45) is 3.71. The van der Waals surface area contributed by atoms with Crippen molar-refractivity contribution in [3.63, 3.8) is 0 Å². The molecule has 2 aliphatic rings. The van der Waals surface area contributed by atoms with Crippen molar-refractivity contribution in [1.29, 1.82) is 0 Å². The zero-order chi connectivity index (χ0) is 22.7. The van der Waals surface area contributed by atoms with Gasteiger partial charge in [0.15, 0.2) is 0 Å². The minimum Gasteiger partial charge on any atom is -0.354 e. The predicted molar refractivity (Wildman–Crippen MR) is 123 cm³/mol. The number of nitrogens with one attached hydrogen (secondary N) is 1. The molecule has 2 aromatic rings. The Morgan fingerprint density at radius 1 is 1.06 bits per heavy atom. The van der Waals surface area contributed by atoms with Crippen molar-refractivity contribution in [2.75, 3.05) is 24.5 Å². The third kappa shape index (κ3) is 4.56. The van der Waals surface area contributed by atoms with Crippen LogP contribution in [0.2, 0.25) is 0 Å². The monoisotopic (exact) mass is 455 g/mol. The lowest BCUT2D eigenvalue weighted by Crippen LogP contribution is -2.47. The van der Waals surface area contributed by atoms with Gasteiger partial charge in [-0.2, -0.15) is 4.31 Å². The number of benzene rings is 2. The van der Waals surface area contributed by atoms with Crippen LogP contribution in [0.5, 0.6) is 0 Å². The average Bonchev–Trinajstić information content (AvgIpc) is 3.45. The lowest BCUT2D eigenvalue weighted by molar-refractivity contribution is -0.125. The maximum Gasteiger partial charge on any atom is 0.243 e. The van der Waals surface area contributed by atoms with Crippen molar-refractivity contribution < 1.29 is 18.0 Å². The van der Waals surface area contributed by atoms with Gasteiger partial charge >= 0.3 is 0 Å². The van der Waals surface area contributed by atoms with E-state index < -0.39 is 16.1 Å². The largest absolute Gasteiger partial charge is 0.354 e. The van der Waals surface area contributed by atoms with Crippen LogP contribution in [0.3, 0.4) is 0 Å². The molecule has 0 spiro atoms. The van der Waals surface area contributed by atoms with Crippen LogP contribution in [0, 0.1) is 0 Å². The van der Waals surface area contributed by atoms with Gasteiger partial charge in [-0.05, 0) is 55.0 Å². The van der Waals surface area contributed by atoms with Crippen molar-refractivity contribution in [3.05, 3.63) is 59.7 Å². The molecule has 1 atom stereocenters. The molecule has 8 heteroatoms. The van der Waals surface area contributed by atoms with Gasteiger partial charge in [0.1, 0.15) is 6.04 Å². The molecule has 2 amide bonds. The van der Waals surface area contributed by atoms with Crippen LogP contribution in [0.15, 0.2) is 53.4 Å². The van der Waals surface area contributed by atoms with Crippen LogP contribution in [-0.4, -0.2) is 50.2 Å². The Morgan fingerprint density at radius 3 is 2.47 bits per heavy atom. The highest BCUT2D eigenvalue weighted by Gasteiger charge is 2.38. The van der Waals surface area contributed by atoms with Crippen molar-refractivity contribution in [2.45, 2.75) is 50.0 Å². The number of anilines is 1. The highest BCUT2D eigenvalue weighted by molar-refractivity contribution is 7.89. The third-order valence-electron chi connectivity index (χ3n) is 6.16. The minimum absolute atomic E-state index is 0.214. The van der Waals surface area contributed by atoms with Crippen LogP contribution in [0.1, 0.15) is 37.3 Å². The summed E-state index contributed by atoms with van der Waals surface area (Å²) < 4.78 is 27.3. The number of amides is 2. The van der Waals surface area contributed by atoms with Gasteiger partial charge in [-0.1, -0.05) is 30.3 Å². The van der Waals surface area contributed by atoms with Crippen LogP contribution in [-0.2, 0) is 32.5 Å². The molecule has 1 saturated heterocycles. The van der Waals surface area contributed by atoms with Gasteiger partial charge < -0.3 is 5.32 Å². The molecule has 0 aliphatic carbocycles. The molecule has 0 aromatic heterocycles. The highest BCUT2D eigenvalue weighted by atomic mass is 32.2. The summed E-state index contributed by atoms with van der Waals surface area (Å²) in [5.74, 6) is -0.447. The summed E-state index contributed by atoms with van der Waals surface area (Å²) in [6, 6.07) is 14.2. The number of hydrogen-bond acceptors (Lipinski definition) is 4. The van der Waals surface area contributed by atoms with E-state index in [1.54, 1.807) is 18.2 Å². The lowest BCUT2D eigenvalue weighted by atomic mass is 10.1. The van der Waals surface area contributed by atoms with Crippen molar-refractivity contribution in [1.82, 2.24) is 9.62 Å². The fourth-order valence-electron chi connectivity index (χ4n) is 4.53. The number of sulfonamides is 1. The van der Waals surface area contributed by atoms with Crippen molar-refractivity contribution in [2.24, 2.45) is 0 Å². The zero-order valence-electron chi connectivity index (χ0n) is 18.3. The number of fused-ring (bicyclic) bond motifs is 1. The lowest BCUT2D eigenvalue weighted by Gasteiger charge is -2.23. The second-order valence-electron chi connectivity index (χ2n) is 8.39. The van der Waals surface area contributed by atoms with E-state index >= 15 is 0 Å². The summed E-state index contributed by atoms with van der Waals surface area (Å²) in [5, 5.41) is 2.94. The molecule has 0 bridgehead atoms. The second-order valence-corrected chi connectivity index (χ2v) is 10.3. The minimum atomic E-state index is -3.55. The molecule has 7 nitrogen and oxygen atoms in total. The summed E-state index contributed by atoms with van der Waals surface area (Å²) in [7, 11) is -3.55. The summed E-state index contributed by atoms with van der Waals surface area (Å²) in [6.45, 7) is 3.01. The SMILES string of the molecule is CC(=O)N1c2ccc(S(=O)(=O)N3CCCC3)cc2CC1C(=O)NCCCc1ccccc1. The molecule has 1 N–H and O–H groups in total. The number of nitrogens with zero attached hydrogens (tertiary/aromatic N) is 2. The molecule has 0 radical (unpaired) electrons. The van der Waals surface area contributed by atoms with Crippen LogP contribution in [0.25, 0.3) is 0 Å². The van der Waals surface area contributed by atoms with Gasteiger partial charge in [-0.15, -0.1) is 0 Å². The van der Waals surface area contributed by atoms with E-state index in [0.29, 0.717) is 37.3 Å². The predicted octanol–water partition coefficient (Wildman–Crippen LogP) is 2.50. The molecule has 2 heterocycles. The molecular formula is C24H29N3O4S. The van der Waals surface area contributed by atoms with Crippen molar-refractivity contribution >= 4 is 27.5 Å². The summed E-state index contributed by atoms with van der Waals surface area (Å²) >= 11 is 0. The van der Waals surface area contributed by atoms with Crippen molar-refractivity contribution in [3.8, 4) is 0 Å². The normalized spacial score (nSPS) is 18.5. The van der Waals surface area contributed by atoms with E-state index in [0.717, 1.165) is 25.7 Å². The maximum absolute atomic E-state index is 12.9. The first-order valence-electron chi connectivity index (χ1n) is 11.1. The third-order valence-corrected chi connectivity index (χ3v) is 8.06. The van der Waals surface area contributed by atoms with E-state index in [-0.39, 0.29) is 16.7 Å². The van der Waals surface area contributed by atoms with Gasteiger partial charge in [-0.25, -0.2) is 8.42 Å². The maximum atomic E-state index is 12.9. The Kier molecular flexibility index (Phi) is 6.62. The molecule has 2 aromatic carbocycles. The number of hydrogen-bond donors (Lipinski definition) is 1. The van der Waals surface area contributed by atoms with Gasteiger partial charge in [0.05, 0.1) is 4.90 Å². The first kappa shape index (κ1) is 22.5. The first-order valence-corrected chi connectivity index (χ1v) is 12.6. The fourth-order valence-corrected chi connectivity index (χ4v) is 6.10. The smallest absolute Gasteiger partial charge is 0.243 e. The second kappa shape index (κ2) is 9.42. The Labute approximate surface area is 189 Å². The topological polar surface area (TPSA) is 86.8 Å². The molecule has 170 valence electrons. The molecule has 2 aliphatic heterocycles. The fraction of sp³-hybridized carbons (Fsp3) is 0.417. The summed E-state index contributed by atoms with van der Waals surface area (Å²) in [4.78, 5) is 27.0. The number of carbonyl (C=O) groups excluding carboxylic acids is 2. The van der Waals surface area contributed by atoms with E-state index in [9.17, 15) is 18.0 Å². The molecule has 1 fully saturated rings. The van der Waals surface area contributed by atoms with E-state index in [1.807, 2.05) is 18.2 Å². The Balaban J connectivity index is 1.44. The first-order chi connectivity index (χ1) is 15.4. The van der Waals surface area contributed by atoms with Crippen LogP contribution < -0.4 is 10.2 Å². The molecule has 0 saturated carbocycles. The highest BCUT2D eigenvalue weighted by Crippen LogP contribution is 2.35. The number of carbonyl (C=O) groups is 2.